The van der Waals surface area contributed by atoms with Crippen LogP contribution in [-0.4, -0.2) is 29.8 Å². The van der Waals surface area contributed by atoms with E-state index < -0.39 is 5.82 Å². The van der Waals surface area contributed by atoms with Gasteiger partial charge in [0.15, 0.2) is 0 Å². The van der Waals surface area contributed by atoms with E-state index in [1.807, 2.05) is 0 Å². The fourth-order valence-electron chi connectivity index (χ4n) is 1.73. The van der Waals surface area contributed by atoms with Crippen molar-refractivity contribution in [3.63, 3.8) is 0 Å². The molecule has 0 fully saturated rings. The summed E-state index contributed by atoms with van der Waals surface area (Å²) in [5, 5.41) is 0. The van der Waals surface area contributed by atoms with Crippen LogP contribution >= 0.6 is 11.6 Å². The monoisotopic (exact) mass is 271 g/mol. The zero-order chi connectivity index (χ0) is 13.5. The Morgan fingerprint density at radius 3 is 2.67 bits per heavy atom. The van der Waals surface area contributed by atoms with Gasteiger partial charge in [-0.1, -0.05) is 19.4 Å². The predicted molar refractivity (Wildman–Crippen MR) is 72.7 cm³/mol. The van der Waals surface area contributed by atoms with Gasteiger partial charge in [-0.05, 0) is 31.0 Å². The minimum Gasteiger partial charge on any atom is -0.337 e. The van der Waals surface area contributed by atoms with Crippen LogP contribution in [0, 0.1) is 12.7 Å². The average molecular weight is 272 g/mol. The van der Waals surface area contributed by atoms with Crippen molar-refractivity contribution < 1.29 is 9.18 Å². The number of aryl methyl sites for hydroxylation is 1. The lowest BCUT2D eigenvalue weighted by molar-refractivity contribution is 0.0758. The second kappa shape index (κ2) is 7.37. The van der Waals surface area contributed by atoms with E-state index in [4.69, 9.17) is 11.6 Å². The van der Waals surface area contributed by atoms with Gasteiger partial charge >= 0.3 is 0 Å². The molecule has 0 aliphatic carbocycles. The summed E-state index contributed by atoms with van der Waals surface area (Å²) in [5.41, 5.74) is 0.934. The van der Waals surface area contributed by atoms with E-state index in [0.717, 1.165) is 18.4 Å². The van der Waals surface area contributed by atoms with Gasteiger partial charge in [0.25, 0.3) is 5.91 Å². The maximum atomic E-state index is 13.7. The third-order valence-electron chi connectivity index (χ3n) is 2.78. The van der Waals surface area contributed by atoms with Gasteiger partial charge < -0.3 is 4.90 Å². The van der Waals surface area contributed by atoms with Crippen molar-refractivity contribution in [1.82, 2.24) is 4.90 Å². The van der Waals surface area contributed by atoms with Crippen LogP contribution in [0.15, 0.2) is 18.2 Å². The first-order valence-electron chi connectivity index (χ1n) is 6.21. The van der Waals surface area contributed by atoms with Crippen molar-refractivity contribution >= 4 is 17.5 Å². The van der Waals surface area contributed by atoms with Gasteiger partial charge in [0.2, 0.25) is 0 Å². The van der Waals surface area contributed by atoms with Crippen molar-refractivity contribution in [1.29, 1.82) is 0 Å². The molecule has 0 saturated heterocycles. The van der Waals surface area contributed by atoms with E-state index in [9.17, 15) is 9.18 Å². The minimum absolute atomic E-state index is 0.127. The van der Waals surface area contributed by atoms with Crippen LogP contribution in [0.2, 0.25) is 0 Å². The van der Waals surface area contributed by atoms with Gasteiger partial charge in [0.05, 0.1) is 5.56 Å². The third-order valence-corrected chi connectivity index (χ3v) is 2.95. The van der Waals surface area contributed by atoms with E-state index in [-0.39, 0.29) is 11.5 Å². The molecule has 0 aliphatic rings. The Balaban J connectivity index is 2.87. The zero-order valence-electron chi connectivity index (χ0n) is 10.9. The molecule has 1 aromatic rings. The van der Waals surface area contributed by atoms with Crippen LogP contribution in [0.5, 0.6) is 0 Å². The van der Waals surface area contributed by atoms with E-state index in [2.05, 4.69) is 6.92 Å². The highest BCUT2D eigenvalue weighted by Crippen LogP contribution is 2.13. The lowest BCUT2D eigenvalue weighted by atomic mass is 10.1. The Morgan fingerprint density at radius 1 is 1.39 bits per heavy atom. The third kappa shape index (κ3) is 3.98. The van der Waals surface area contributed by atoms with Crippen molar-refractivity contribution in [2.45, 2.75) is 26.7 Å². The molecule has 0 aromatic heterocycles. The lowest BCUT2D eigenvalue weighted by Gasteiger charge is -2.21. The second-order valence-corrected chi connectivity index (χ2v) is 4.70. The Labute approximate surface area is 113 Å². The van der Waals surface area contributed by atoms with Gasteiger partial charge in [-0.3, -0.25) is 4.79 Å². The number of hydrogen-bond acceptors (Lipinski definition) is 1. The number of halogens is 2. The zero-order valence-corrected chi connectivity index (χ0v) is 11.6. The molecule has 100 valence electrons. The SMILES string of the molecule is CCCCN(CCCl)C(=O)c1ccc(C)cc1F. The minimum atomic E-state index is -0.462. The number of benzene rings is 1. The summed E-state index contributed by atoms with van der Waals surface area (Å²) in [6.07, 6.45) is 1.89. The molecule has 18 heavy (non-hydrogen) atoms. The number of alkyl halides is 1. The number of nitrogens with zero attached hydrogens (tertiary/aromatic N) is 1. The Kier molecular flexibility index (Phi) is 6.13. The van der Waals surface area contributed by atoms with Crippen LogP contribution in [-0.2, 0) is 0 Å². The maximum Gasteiger partial charge on any atom is 0.256 e. The number of amides is 1. The topological polar surface area (TPSA) is 20.3 Å². The molecular formula is C14H19ClFNO. The summed E-state index contributed by atoms with van der Waals surface area (Å²) in [6.45, 7) is 4.92. The van der Waals surface area contributed by atoms with Gasteiger partial charge in [0, 0.05) is 19.0 Å². The molecule has 4 heteroatoms. The molecule has 1 aromatic carbocycles. The fraction of sp³-hybridized carbons (Fsp3) is 0.500. The van der Waals surface area contributed by atoms with Gasteiger partial charge in [-0.2, -0.15) is 0 Å². The average Bonchev–Trinajstić information content (AvgIpc) is 2.33. The number of unbranched alkanes of at least 4 members (excludes halogenated alkanes) is 1. The quantitative estimate of drug-likeness (QED) is 0.724. The normalized spacial score (nSPS) is 10.4. The first-order valence-corrected chi connectivity index (χ1v) is 6.75. The summed E-state index contributed by atoms with van der Waals surface area (Å²) in [7, 11) is 0. The summed E-state index contributed by atoms with van der Waals surface area (Å²) in [4.78, 5) is 13.8. The molecule has 0 spiro atoms. The van der Waals surface area contributed by atoms with E-state index in [1.54, 1.807) is 24.0 Å². The van der Waals surface area contributed by atoms with Crippen molar-refractivity contribution in [2.75, 3.05) is 19.0 Å². The standard InChI is InChI=1S/C14H19ClFNO/c1-3-4-8-17(9-7-15)14(18)12-6-5-11(2)10-13(12)16/h5-6,10H,3-4,7-9H2,1-2H3. The van der Waals surface area contributed by atoms with Gasteiger partial charge in [-0.15, -0.1) is 11.6 Å². The van der Waals surface area contributed by atoms with Crippen LogP contribution in [0.3, 0.4) is 0 Å². The molecule has 0 unspecified atom stereocenters. The highest BCUT2D eigenvalue weighted by molar-refractivity contribution is 6.18. The van der Waals surface area contributed by atoms with E-state index in [0.29, 0.717) is 19.0 Å². The molecule has 1 amide bonds. The molecule has 0 atom stereocenters. The lowest BCUT2D eigenvalue weighted by Crippen LogP contribution is -2.34. The number of carbonyl (C=O) groups is 1. The molecule has 0 aliphatic heterocycles. The first-order chi connectivity index (χ1) is 8.60. The second-order valence-electron chi connectivity index (χ2n) is 4.32. The molecule has 0 N–H and O–H groups in total. The molecule has 0 bridgehead atoms. The van der Waals surface area contributed by atoms with Crippen molar-refractivity contribution in [3.05, 3.63) is 35.1 Å². The maximum absolute atomic E-state index is 13.7. The highest BCUT2D eigenvalue weighted by atomic mass is 35.5. The Hall–Kier alpha value is -1.09. The largest absolute Gasteiger partial charge is 0.337 e. The Bertz CT molecular complexity index is 409. The van der Waals surface area contributed by atoms with Gasteiger partial charge in [-0.25, -0.2) is 4.39 Å². The summed E-state index contributed by atoms with van der Waals surface area (Å²) >= 11 is 5.68. The summed E-state index contributed by atoms with van der Waals surface area (Å²) in [5.74, 6) is -0.374. The first kappa shape index (κ1) is 15.0. The molecule has 1 rings (SSSR count). The summed E-state index contributed by atoms with van der Waals surface area (Å²) < 4.78 is 13.7. The molecule has 0 radical (unpaired) electrons. The predicted octanol–water partition coefficient (Wildman–Crippen LogP) is 3.62. The van der Waals surface area contributed by atoms with E-state index >= 15 is 0 Å². The molecule has 0 saturated carbocycles. The molecular weight excluding hydrogens is 253 g/mol. The smallest absolute Gasteiger partial charge is 0.256 e. The van der Waals surface area contributed by atoms with Crippen LogP contribution in [0.25, 0.3) is 0 Å². The highest BCUT2D eigenvalue weighted by Gasteiger charge is 2.18. The van der Waals surface area contributed by atoms with E-state index in [1.165, 1.54) is 6.07 Å². The van der Waals surface area contributed by atoms with Crippen molar-refractivity contribution in [3.8, 4) is 0 Å². The Morgan fingerprint density at radius 2 is 2.11 bits per heavy atom. The van der Waals surface area contributed by atoms with Crippen LogP contribution < -0.4 is 0 Å². The van der Waals surface area contributed by atoms with Crippen molar-refractivity contribution in [2.24, 2.45) is 0 Å². The van der Waals surface area contributed by atoms with Crippen LogP contribution in [0.4, 0.5) is 4.39 Å². The number of rotatable bonds is 6. The fourth-order valence-corrected chi connectivity index (χ4v) is 1.93. The number of carbonyl (C=O) groups excluding carboxylic acids is 1. The molecule has 2 nitrogen and oxygen atoms in total. The number of hydrogen-bond donors (Lipinski definition) is 0. The summed E-state index contributed by atoms with van der Waals surface area (Å²) in [6, 6.07) is 4.67. The van der Waals surface area contributed by atoms with Crippen LogP contribution in [0.1, 0.15) is 35.7 Å². The van der Waals surface area contributed by atoms with Gasteiger partial charge in [0.1, 0.15) is 5.82 Å². The molecule has 0 heterocycles.